The highest BCUT2D eigenvalue weighted by atomic mass is 35.5. The quantitative estimate of drug-likeness (QED) is 0.875. The van der Waals surface area contributed by atoms with E-state index < -0.39 is 0 Å². The topological polar surface area (TPSA) is 54.3 Å². The van der Waals surface area contributed by atoms with Crippen LogP contribution in [0.3, 0.4) is 0 Å². The molecule has 3 fully saturated rings. The number of nitrogens with one attached hydrogen (secondary N) is 1. The maximum atomic E-state index is 13.1. The monoisotopic (exact) mass is 365 g/mol. The van der Waals surface area contributed by atoms with Gasteiger partial charge in [0.2, 0.25) is 0 Å². The number of aryl methyl sites for hydroxylation is 1. The average Bonchev–Trinajstić information content (AvgIpc) is 3.17. The van der Waals surface area contributed by atoms with Gasteiger partial charge in [-0.2, -0.15) is 0 Å². The number of carbonyl (C=O) groups is 1. The van der Waals surface area contributed by atoms with Crippen molar-refractivity contribution < 1.29 is 4.79 Å². The van der Waals surface area contributed by atoms with Crippen LogP contribution in [0, 0.1) is 18.8 Å². The van der Waals surface area contributed by atoms with Gasteiger partial charge in [-0.25, -0.2) is 0 Å². The molecule has 1 N–H and O–H groups in total. The van der Waals surface area contributed by atoms with Crippen molar-refractivity contribution in [2.45, 2.75) is 45.1 Å². The molecule has 1 aromatic rings. The van der Waals surface area contributed by atoms with E-state index in [0.29, 0.717) is 17.4 Å². The zero-order valence-corrected chi connectivity index (χ0v) is 15.7. The Labute approximate surface area is 155 Å². The Balaban J connectivity index is 0.00000182. The molecular formula is C19H28ClN3O2. The maximum Gasteiger partial charge on any atom is 0.263 e. The highest BCUT2D eigenvalue weighted by Gasteiger charge is 2.39. The molecule has 3 aliphatic rings. The second-order valence-corrected chi connectivity index (χ2v) is 7.73. The van der Waals surface area contributed by atoms with Gasteiger partial charge in [0.1, 0.15) is 5.56 Å². The van der Waals surface area contributed by atoms with Gasteiger partial charge in [0, 0.05) is 25.3 Å². The van der Waals surface area contributed by atoms with Gasteiger partial charge < -0.3 is 14.8 Å². The van der Waals surface area contributed by atoms with Crippen molar-refractivity contribution in [3.63, 3.8) is 0 Å². The van der Waals surface area contributed by atoms with Crippen molar-refractivity contribution in [2.24, 2.45) is 11.8 Å². The van der Waals surface area contributed by atoms with Crippen molar-refractivity contribution in [3.8, 4) is 0 Å². The normalized spacial score (nSPS) is 26.4. The minimum atomic E-state index is -0.0936. The van der Waals surface area contributed by atoms with E-state index in [0.717, 1.165) is 44.6 Å². The minimum Gasteiger partial charge on any atom is -0.338 e. The maximum absolute atomic E-state index is 13.1. The number of likely N-dealkylation sites (tertiary alicyclic amines) is 1. The first-order chi connectivity index (χ1) is 11.6. The number of pyridine rings is 1. The number of nitrogens with zero attached hydrogens (tertiary/aromatic N) is 2. The van der Waals surface area contributed by atoms with Crippen molar-refractivity contribution in [3.05, 3.63) is 33.7 Å². The highest BCUT2D eigenvalue weighted by molar-refractivity contribution is 5.95. The predicted molar refractivity (Wildman–Crippen MR) is 101 cm³/mol. The molecule has 2 saturated heterocycles. The molecule has 1 saturated carbocycles. The van der Waals surface area contributed by atoms with Gasteiger partial charge >= 0.3 is 0 Å². The van der Waals surface area contributed by atoms with Gasteiger partial charge in [-0.05, 0) is 69.2 Å². The summed E-state index contributed by atoms with van der Waals surface area (Å²) in [6.45, 7) is 5.43. The van der Waals surface area contributed by atoms with Crippen LogP contribution >= 0.6 is 12.4 Å². The minimum absolute atomic E-state index is 0. The van der Waals surface area contributed by atoms with Crippen LogP contribution in [-0.4, -0.2) is 41.6 Å². The van der Waals surface area contributed by atoms with Gasteiger partial charge in [-0.15, -0.1) is 12.4 Å². The Morgan fingerprint density at radius 2 is 1.76 bits per heavy atom. The van der Waals surface area contributed by atoms with E-state index >= 15 is 0 Å². The molecule has 25 heavy (non-hydrogen) atoms. The van der Waals surface area contributed by atoms with Gasteiger partial charge in [0.25, 0.3) is 11.5 Å². The first-order valence-electron chi connectivity index (χ1n) is 9.37. The molecule has 5 nitrogen and oxygen atoms in total. The SMILES string of the molecule is Cc1ccn(C2CCNCC2)c(=O)c1C(=O)N1C[C@H]2CCC[C@H]2C1.Cl. The van der Waals surface area contributed by atoms with Crippen molar-refractivity contribution >= 4 is 18.3 Å². The standard InChI is InChI=1S/C19H27N3O2.ClH/c1-13-7-10-22(16-5-8-20-9-6-16)19(24)17(13)18(23)21-11-14-3-2-4-15(14)12-21;/h7,10,14-16,20H,2-6,8-9,11-12H2,1H3;1H/t14-,15+;. The number of hydrogen-bond donors (Lipinski definition) is 1. The zero-order valence-electron chi connectivity index (χ0n) is 14.9. The van der Waals surface area contributed by atoms with E-state index in [1.807, 2.05) is 24.1 Å². The van der Waals surface area contributed by atoms with E-state index in [1.165, 1.54) is 19.3 Å². The van der Waals surface area contributed by atoms with Crippen LogP contribution in [0.15, 0.2) is 17.1 Å². The van der Waals surface area contributed by atoms with E-state index in [1.54, 1.807) is 4.57 Å². The zero-order chi connectivity index (χ0) is 16.7. The summed E-state index contributed by atoms with van der Waals surface area (Å²) in [4.78, 5) is 28.0. The third-order valence-corrected chi connectivity index (χ3v) is 6.26. The number of fused-ring (bicyclic) bond motifs is 1. The number of carbonyl (C=O) groups excluding carboxylic acids is 1. The first kappa shape index (κ1) is 18.5. The molecule has 0 radical (unpaired) electrons. The molecule has 0 bridgehead atoms. The Kier molecular flexibility index (Phi) is 5.54. The molecule has 1 aliphatic carbocycles. The molecule has 0 unspecified atom stereocenters. The van der Waals surface area contributed by atoms with Gasteiger partial charge in [0.05, 0.1) is 0 Å². The molecule has 2 aliphatic heterocycles. The largest absolute Gasteiger partial charge is 0.338 e. The summed E-state index contributed by atoms with van der Waals surface area (Å²) in [5, 5.41) is 3.33. The number of halogens is 1. The lowest BCUT2D eigenvalue weighted by Crippen LogP contribution is -2.39. The van der Waals surface area contributed by atoms with Crippen molar-refractivity contribution in [2.75, 3.05) is 26.2 Å². The molecule has 138 valence electrons. The Hall–Kier alpha value is -1.33. The molecule has 0 spiro atoms. The Bertz CT molecular complexity index is 684. The van der Waals surface area contributed by atoms with Crippen LogP contribution in [0.25, 0.3) is 0 Å². The number of hydrogen-bond acceptors (Lipinski definition) is 3. The molecule has 2 atom stereocenters. The smallest absolute Gasteiger partial charge is 0.263 e. The number of aromatic nitrogens is 1. The van der Waals surface area contributed by atoms with E-state index in [2.05, 4.69) is 5.32 Å². The van der Waals surface area contributed by atoms with Gasteiger partial charge in [-0.1, -0.05) is 6.42 Å². The molecule has 3 heterocycles. The van der Waals surface area contributed by atoms with E-state index in [9.17, 15) is 9.59 Å². The number of amides is 1. The molecule has 1 amide bonds. The molecule has 0 aromatic carbocycles. The van der Waals surface area contributed by atoms with Crippen molar-refractivity contribution in [1.82, 2.24) is 14.8 Å². The fourth-order valence-corrected chi connectivity index (χ4v) is 4.83. The fraction of sp³-hybridized carbons (Fsp3) is 0.684. The lowest BCUT2D eigenvalue weighted by atomic mass is 10.0. The van der Waals surface area contributed by atoms with E-state index in [-0.39, 0.29) is 29.9 Å². The molecular weight excluding hydrogens is 338 g/mol. The predicted octanol–water partition coefficient (Wildman–Crippen LogP) is 2.38. The average molecular weight is 366 g/mol. The third kappa shape index (κ3) is 3.36. The molecule has 4 rings (SSSR count). The number of rotatable bonds is 2. The summed E-state index contributed by atoms with van der Waals surface area (Å²) in [5.74, 6) is 1.27. The summed E-state index contributed by atoms with van der Waals surface area (Å²) in [6, 6.07) is 2.15. The summed E-state index contributed by atoms with van der Waals surface area (Å²) >= 11 is 0. The third-order valence-electron chi connectivity index (χ3n) is 6.26. The lowest BCUT2D eigenvalue weighted by molar-refractivity contribution is 0.0777. The van der Waals surface area contributed by atoms with Crippen LogP contribution in [0.1, 0.15) is 54.1 Å². The summed E-state index contributed by atoms with van der Waals surface area (Å²) in [6.07, 6.45) is 7.55. The van der Waals surface area contributed by atoms with Crippen LogP contribution in [0.2, 0.25) is 0 Å². The van der Waals surface area contributed by atoms with Crippen LogP contribution < -0.4 is 10.9 Å². The van der Waals surface area contributed by atoms with Crippen LogP contribution in [0.4, 0.5) is 0 Å². The van der Waals surface area contributed by atoms with E-state index in [4.69, 9.17) is 0 Å². The second-order valence-electron chi connectivity index (χ2n) is 7.73. The first-order valence-corrected chi connectivity index (χ1v) is 9.37. The van der Waals surface area contributed by atoms with Crippen LogP contribution in [0.5, 0.6) is 0 Å². The van der Waals surface area contributed by atoms with Gasteiger partial charge in [0.15, 0.2) is 0 Å². The van der Waals surface area contributed by atoms with Gasteiger partial charge in [-0.3, -0.25) is 9.59 Å². The molecule has 1 aromatic heterocycles. The fourth-order valence-electron chi connectivity index (χ4n) is 4.83. The summed E-state index contributed by atoms with van der Waals surface area (Å²) in [5.41, 5.74) is 1.12. The second kappa shape index (κ2) is 7.50. The Morgan fingerprint density at radius 1 is 1.12 bits per heavy atom. The molecule has 6 heteroatoms. The number of piperidine rings is 1. The van der Waals surface area contributed by atoms with Crippen molar-refractivity contribution in [1.29, 1.82) is 0 Å². The Morgan fingerprint density at radius 3 is 2.40 bits per heavy atom. The summed E-state index contributed by atoms with van der Waals surface area (Å²) in [7, 11) is 0. The lowest BCUT2D eigenvalue weighted by Gasteiger charge is -2.26. The van der Waals surface area contributed by atoms with Crippen LogP contribution in [-0.2, 0) is 0 Å². The summed E-state index contributed by atoms with van der Waals surface area (Å²) < 4.78 is 1.80. The highest BCUT2D eigenvalue weighted by Crippen LogP contribution is 2.38.